The third-order valence-corrected chi connectivity index (χ3v) is 2.34. The van der Waals surface area contributed by atoms with Crippen molar-refractivity contribution in [3.8, 4) is 11.5 Å². The van der Waals surface area contributed by atoms with Crippen molar-refractivity contribution >= 4 is 0 Å². The van der Waals surface area contributed by atoms with Crippen LogP contribution in [0.2, 0.25) is 0 Å². The molecule has 0 saturated heterocycles. The monoisotopic (exact) mass is 225 g/mol. The minimum atomic E-state index is -0.180. The second kappa shape index (κ2) is 6.35. The summed E-state index contributed by atoms with van der Waals surface area (Å²) in [5.41, 5.74) is 6.93. The van der Waals surface area contributed by atoms with E-state index in [9.17, 15) is 0 Å². The maximum Gasteiger partial charge on any atom is 0.127 e. The van der Waals surface area contributed by atoms with Crippen molar-refractivity contribution in [2.45, 2.75) is 13.0 Å². The lowest BCUT2D eigenvalue weighted by atomic mass is 10.1. The first kappa shape index (κ1) is 12.8. The van der Waals surface area contributed by atoms with Gasteiger partial charge in [0.15, 0.2) is 0 Å². The fourth-order valence-electron chi connectivity index (χ4n) is 1.46. The highest BCUT2D eigenvalue weighted by Gasteiger charge is 2.12. The van der Waals surface area contributed by atoms with E-state index in [4.69, 9.17) is 19.9 Å². The Kier molecular flexibility index (Phi) is 5.08. The van der Waals surface area contributed by atoms with E-state index in [0.29, 0.717) is 13.2 Å². The number of benzene rings is 1. The Morgan fingerprint density at radius 3 is 2.56 bits per heavy atom. The van der Waals surface area contributed by atoms with Crippen LogP contribution in [0.25, 0.3) is 0 Å². The SMILES string of the molecule is CCOCC(N)c1ccc(OC)cc1OC. The van der Waals surface area contributed by atoms with E-state index in [1.54, 1.807) is 14.2 Å². The van der Waals surface area contributed by atoms with E-state index in [-0.39, 0.29) is 6.04 Å². The maximum atomic E-state index is 6.00. The van der Waals surface area contributed by atoms with Gasteiger partial charge >= 0.3 is 0 Å². The Morgan fingerprint density at radius 1 is 1.25 bits per heavy atom. The Hall–Kier alpha value is -1.26. The second-order valence-electron chi connectivity index (χ2n) is 3.37. The van der Waals surface area contributed by atoms with Gasteiger partial charge in [0.05, 0.1) is 26.9 Å². The summed E-state index contributed by atoms with van der Waals surface area (Å²) in [5.74, 6) is 1.48. The van der Waals surface area contributed by atoms with Crippen LogP contribution in [0.5, 0.6) is 11.5 Å². The number of methoxy groups -OCH3 is 2. The molecule has 2 N–H and O–H groups in total. The van der Waals surface area contributed by atoms with E-state index < -0.39 is 0 Å². The standard InChI is InChI=1S/C12H19NO3/c1-4-16-8-11(13)10-6-5-9(14-2)7-12(10)15-3/h5-7,11H,4,8,13H2,1-3H3. The first-order valence-corrected chi connectivity index (χ1v) is 5.28. The van der Waals surface area contributed by atoms with Crippen molar-refractivity contribution in [3.63, 3.8) is 0 Å². The highest BCUT2D eigenvalue weighted by Crippen LogP contribution is 2.28. The van der Waals surface area contributed by atoms with Gasteiger partial charge in [-0.05, 0) is 19.1 Å². The van der Waals surface area contributed by atoms with Gasteiger partial charge in [-0.1, -0.05) is 0 Å². The highest BCUT2D eigenvalue weighted by atomic mass is 16.5. The zero-order chi connectivity index (χ0) is 12.0. The first-order valence-electron chi connectivity index (χ1n) is 5.28. The van der Waals surface area contributed by atoms with Crippen molar-refractivity contribution in [2.24, 2.45) is 5.73 Å². The third kappa shape index (κ3) is 3.12. The molecule has 0 aliphatic heterocycles. The van der Waals surface area contributed by atoms with Crippen LogP contribution in [0.4, 0.5) is 0 Å². The van der Waals surface area contributed by atoms with Crippen LogP contribution >= 0.6 is 0 Å². The van der Waals surface area contributed by atoms with Gasteiger partial charge in [0, 0.05) is 18.2 Å². The largest absolute Gasteiger partial charge is 0.497 e. The summed E-state index contributed by atoms with van der Waals surface area (Å²) >= 11 is 0. The lowest BCUT2D eigenvalue weighted by molar-refractivity contribution is 0.132. The molecule has 0 radical (unpaired) electrons. The molecule has 4 nitrogen and oxygen atoms in total. The molecule has 1 aromatic carbocycles. The minimum Gasteiger partial charge on any atom is -0.497 e. The summed E-state index contributed by atoms with van der Waals surface area (Å²) in [6.07, 6.45) is 0. The molecule has 16 heavy (non-hydrogen) atoms. The topological polar surface area (TPSA) is 53.7 Å². The molecular formula is C12H19NO3. The van der Waals surface area contributed by atoms with E-state index in [0.717, 1.165) is 17.1 Å². The van der Waals surface area contributed by atoms with Gasteiger partial charge in [0.25, 0.3) is 0 Å². The fourth-order valence-corrected chi connectivity index (χ4v) is 1.46. The second-order valence-corrected chi connectivity index (χ2v) is 3.37. The minimum absolute atomic E-state index is 0.180. The molecule has 0 fully saturated rings. The van der Waals surface area contributed by atoms with Gasteiger partial charge < -0.3 is 19.9 Å². The molecule has 0 aliphatic rings. The van der Waals surface area contributed by atoms with E-state index in [2.05, 4.69) is 0 Å². The number of hydrogen-bond acceptors (Lipinski definition) is 4. The predicted molar refractivity (Wildman–Crippen MR) is 63.0 cm³/mol. The summed E-state index contributed by atoms with van der Waals surface area (Å²) in [6, 6.07) is 5.41. The van der Waals surface area contributed by atoms with Crippen molar-refractivity contribution in [1.29, 1.82) is 0 Å². The number of hydrogen-bond donors (Lipinski definition) is 1. The molecule has 1 aromatic rings. The maximum absolute atomic E-state index is 6.00. The molecule has 0 amide bonds. The van der Waals surface area contributed by atoms with Gasteiger partial charge in [0.2, 0.25) is 0 Å². The number of nitrogens with two attached hydrogens (primary N) is 1. The lowest BCUT2D eigenvalue weighted by Crippen LogP contribution is -2.18. The van der Waals surface area contributed by atoms with Crippen molar-refractivity contribution in [3.05, 3.63) is 23.8 Å². The van der Waals surface area contributed by atoms with Crippen LogP contribution in [-0.2, 0) is 4.74 Å². The molecule has 0 aliphatic carbocycles. The van der Waals surface area contributed by atoms with E-state index in [1.165, 1.54) is 0 Å². The van der Waals surface area contributed by atoms with Crippen molar-refractivity contribution in [2.75, 3.05) is 27.4 Å². The fraction of sp³-hybridized carbons (Fsp3) is 0.500. The average molecular weight is 225 g/mol. The van der Waals surface area contributed by atoms with Crippen LogP contribution in [0.1, 0.15) is 18.5 Å². The third-order valence-electron chi connectivity index (χ3n) is 2.34. The van der Waals surface area contributed by atoms with Gasteiger partial charge in [-0.3, -0.25) is 0 Å². The summed E-state index contributed by atoms with van der Waals surface area (Å²) in [7, 11) is 3.24. The van der Waals surface area contributed by atoms with Crippen LogP contribution in [0.15, 0.2) is 18.2 Å². The van der Waals surface area contributed by atoms with Gasteiger partial charge in [-0.2, -0.15) is 0 Å². The predicted octanol–water partition coefficient (Wildman–Crippen LogP) is 1.74. The Labute approximate surface area is 96.3 Å². The molecule has 1 rings (SSSR count). The van der Waals surface area contributed by atoms with E-state index >= 15 is 0 Å². The molecule has 0 bridgehead atoms. The van der Waals surface area contributed by atoms with E-state index in [1.807, 2.05) is 25.1 Å². The summed E-state index contributed by atoms with van der Waals surface area (Å²) in [4.78, 5) is 0. The van der Waals surface area contributed by atoms with Crippen molar-refractivity contribution < 1.29 is 14.2 Å². The summed E-state index contributed by atoms with van der Waals surface area (Å²) in [6.45, 7) is 3.09. The molecule has 0 aromatic heterocycles. The van der Waals surface area contributed by atoms with Crippen LogP contribution in [0.3, 0.4) is 0 Å². The summed E-state index contributed by atoms with van der Waals surface area (Å²) < 4.78 is 15.7. The number of rotatable bonds is 6. The van der Waals surface area contributed by atoms with Gasteiger partial charge in [-0.15, -0.1) is 0 Å². The molecule has 90 valence electrons. The number of ether oxygens (including phenoxy) is 3. The zero-order valence-electron chi connectivity index (χ0n) is 10.0. The Bertz CT molecular complexity index is 328. The smallest absolute Gasteiger partial charge is 0.127 e. The average Bonchev–Trinajstić information content (AvgIpc) is 2.34. The lowest BCUT2D eigenvalue weighted by Gasteiger charge is -2.16. The Morgan fingerprint density at radius 2 is 2.00 bits per heavy atom. The quantitative estimate of drug-likeness (QED) is 0.801. The zero-order valence-corrected chi connectivity index (χ0v) is 10.0. The molecule has 1 unspecified atom stereocenters. The normalized spacial score (nSPS) is 12.2. The molecular weight excluding hydrogens is 206 g/mol. The van der Waals surface area contributed by atoms with Crippen molar-refractivity contribution in [1.82, 2.24) is 0 Å². The van der Waals surface area contributed by atoms with Crippen LogP contribution in [0, 0.1) is 0 Å². The summed E-state index contributed by atoms with van der Waals surface area (Å²) in [5, 5.41) is 0. The Balaban J connectivity index is 2.85. The molecule has 0 spiro atoms. The molecule has 0 heterocycles. The van der Waals surface area contributed by atoms with Gasteiger partial charge in [0.1, 0.15) is 11.5 Å². The molecule has 0 saturated carbocycles. The molecule has 4 heteroatoms. The highest BCUT2D eigenvalue weighted by molar-refractivity contribution is 5.42. The van der Waals surface area contributed by atoms with Gasteiger partial charge in [-0.25, -0.2) is 0 Å². The van der Waals surface area contributed by atoms with Crippen LogP contribution < -0.4 is 15.2 Å². The molecule has 1 atom stereocenters. The first-order chi connectivity index (χ1) is 7.72. The van der Waals surface area contributed by atoms with Crippen LogP contribution in [-0.4, -0.2) is 27.4 Å².